The molecule has 0 spiro atoms. The second-order valence-electron chi connectivity index (χ2n) is 4.51. The first-order valence-electron chi connectivity index (χ1n) is 6.21. The zero-order chi connectivity index (χ0) is 16.3. The van der Waals surface area contributed by atoms with Gasteiger partial charge in [-0.25, -0.2) is 4.39 Å². The van der Waals surface area contributed by atoms with Crippen molar-refractivity contribution < 1.29 is 27.5 Å². The van der Waals surface area contributed by atoms with E-state index in [4.69, 9.17) is 5.11 Å². The summed E-state index contributed by atoms with van der Waals surface area (Å²) in [6, 6.07) is 7.84. The summed E-state index contributed by atoms with van der Waals surface area (Å²) in [4.78, 5) is 11.9. The first-order valence-corrected chi connectivity index (χ1v) is 6.21. The molecule has 7 heteroatoms. The molecule has 0 aliphatic carbocycles. The van der Waals surface area contributed by atoms with E-state index in [1.54, 1.807) is 0 Å². The summed E-state index contributed by atoms with van der Waals surface area (Å²) in [6.45, 7) is -0.164. The molecule has 0 saturated heterocycles. The quantitative estimate of drug-likeness (QED) is 0.852. The van der Waals surface area contributed by atoms with Gasteiger partial charge in [0.05, 0.1) is 11.1 Å². The smallest absolute Gasteiger partial charge is 0.417 e. The Morgan fingerprint density at radius 1 is 1.14 bits per heavy atom. The minimum atomic E-state index is -4.64. The number of rotatable bonds is 3. The maximum absolute atomic E-state index is 13.1. The lowest BCUT2D eigenvalue weighted by Crippen LogP contribution is -2.25. The Morgan fingerprint density at radius 2 is 1.82 bits per heavy atom. The van der Waals surface area contributed by atoms with Gasteiger partial charge in [-0.15, -0.1) is 0 Å². The number of carbonyl (C=O) groups is 1. The fourth-order valence-electron chi connectivity index (χ4n) is 1.87. The van der Waals surface area contributed by atoms with E-state index >= 15 is 0 Å². The Kier molecular flexibility index (Phi) is 4.35. The van der Waals surface area contributed by atoms with Crippen LogP contribution in [0.2, 0.25) is 0 Å². The Morgan fingerprint density at radius 3 is 2.45 bits per heavy atom. The standard InChI is InChI=1S/C15H11F4NO2/c16-12-7-9(5-6-13(12)21)8-20-14(22)10-3-1-2-4-11(10)15(17,18)19/h1-7,21H,8H2,(H,20,22). The van der Waals surface area contributed by atoms with E-state index in [-0.39, 0.29) is 6.54 Å². The second kappa shape index (κ2) is 6.05. The monoisotopic (exact) mass is 313 g/mol. The van der Waals surface area contributed by atoms with Gasteiger partial charge in [0, 0.05) is 6.54 Å². The number of aromatic hydroxyl groups is 1. The van der Waals surface area contributed by atoms with Gasteiger partial charge >= 0.3 is 6.18 Å². The van der Waals surface area contributed by atoms with Gasteiger partial charge in [0.15, 0.2) is 11.6 Å². The van der Waals surface area contributed by atoms with Crippen molar-refractivity contribution >= 4 is 5.91 Å². The van der Waals surface area contributed by atoms with Crippen molar-refractivity contribution in [1.29, 1.82) is 0 Å². The molecule has 3 nitrogen and oxygen atoms in total. The van der Waals surface area contributed by atoms with Crippen LogP contribution in [0.3, 0.4) is 0 Å². The summed E-state index contributed by atoms with van der Waals surface area (Å²) >= 11 is 0. The molecular weight excluding hydrogens is 302 g/mol. The molecule has 2 aromatic rings. The SMILES string of the molecule is O=C(NCc1ccc(O)c(F)c1)c1ccccc1C(F)(F)F. The molecule has 2 N–H and O–H groups in total. The molecule has 0 atom stereocenters. The molecule has 2 aromatic carbocycles. The molecule has 0 aliphatic rings. The second-order valence-corrected chi connectivity index (χ2v) is 4.51. The van der Waals surface area contributed by atoms with Crippen LogP contribution in [0, 0.1) is 5.82 Å². The van der Waals surface area contributed by atoms with E-state index in [0.717, 1.165) is 24.3 Å². The number of hydrogen-bond acceptors (Lipinski definition) is 2. The average Bonchev–Trinajstić information content (AvgIpc) is 2.47. The van der Waals surface area contributed by atoms with Gasteiger partial charge in [0.25, 0.3) is 5.91 Å². The van der Waals surface area contributed by atoms with Crippen molar-refractivity contribution in [3.05, 3.63) is 65.0 Å². The van der Waals surface area contributed by atoms with Crippen LogP contribution in [0.25, 0.3) is 0 Å². The van der Waals surface area contributed by atoms with Gasteiger partial charge in [0.1, 0.15) is 0 Å². The van der Waals surface area contributed by atoms with Crippen molar-refractivity contribution in [3.8, 4) is 5.75 Å². The van der Waals surface area contributed by atoms with Crippen molar-refractivity contribution in [2.75, 3.05) is 0 Å². The number of alkyl halides is 3. The van der Waals surface area contributed by atoms with E-state index < -0.39 is 34.8 Å². The molecule has 0 heterocycles. The number of hydrogen-bond donors (Lipinski definition) is 2. The lowest BCUT2D eigenvalue weighted by atomic mass is 10.1. The highest BCUT2D eigenvalue weighted by molar-refractivity contribution is 5.95. The van der Waals surface area contributed by atoms with Crippen molar-refractivity contribution in [2.45, 2.75) is 12.7 Å². The van der Waals surface area contributed by atoms with E-state index in [1.165, 1.54) is 18.2 Å². The van der Waals surface area contributed by atoms with Crippen LogP contribution in [0.1, 0.15) is 21.5 Å². The molecule has 0 radical (unpaired) electrons. The van der Waals surface area contributed by atoms with Crippen LogP contribution in [0.15, 0.2) is 42.5 Å². The van der Waals surface area contributed by atoms with Crippen LogP contribution < -0.4 is 5.32 Å². The molecule has 22 heavy (non-hydrogen) atoms. The summed E-state index contributed by atoms with van der Waals surface area (Å²) in [5, 5.41) is 11.3. The van der Waals surface area contributed by atoms with E-state index in [9.17, 15) is 22.4 Å². The average molecular weight is 313 g/mol. The number of carbonyl (C=O) groups excluding carboxylic acids is 1. The number of amides is 1. The van der Waals surface area contributed by atoms with E-state index in [2.05, 4.69) is 5.32 Å². The summed E-state index contributed by atoms with van der Waals surface area (Å²) in [7, 11) is 0. The molecule has 0 saturated carbocycles. The summed E-state index contributed by atoms with van der Waals surface area (Å²) in [5.41, 5.74) is -1.23. The highest BCUT2D eigenvalue weighted by Gasteiger charge is 2.34. The maximum atomic E-state index is 13.1. The highest BCUT2D eigenvalue weighted by atomic mass is 19.4. The first-order chi connectivity index (χ1) is 10.3. The van der Waals surface area contributed by atoms with Crippen molar-refractivity contribution in [2.24, 2.45) is 0 Å². The molecule has 0 aromatic heterocycles. The molecule has 1 amide bonds. The molecule has 0 aliphatic heterocycles. The van der Waals surface area contributed by atoms with Crippen LogP contribution >= 0.6 is 0 Å². The number of phenols is 1. The minimum Gasteiger partial charge on any atom is -0.505 e. The zero-order valence-corrected chi connectivity index (χ0v) is 11.1. The minimum absolute atomic E-state index is 0.164. The summed E-state index contributed by atoms with van der Waals surface area (Å²) in [5.74, 6) is -2.33. The highest BCUT2D eigenvalue weighted by Crippen LogP contribution is 2.31. The lowest BCUT2D eigenvalue weighted by molar-refractivity contribution is -0.137. The molecule has 0 fully saturated rings. The van der Waals surface area contributed by atoms with E-state index in [0.29, 0.717) is 5.56 Å². The third-order valence-electron chi connectivity index (χ3n) is 2.94. The van der Waals surface area contributed by atoms with Gasteiger partial charge in [-0.3, -0.25) is 4.79 Å². The zero-order valence-electron chi connectivity index (χ0n) is 11.1. The van der Waals surface area contributed by atoms with Crippen LogP contribution in [0.4, 0.5) is 17.6 Å². The van der Waals surface area contributed by atoms with Gasteiger partial charge < -0.3 is 10.4 Å². The number of halogens is 4. The predicted molar refractivity (Wildman–Crippen MR) is 70.7 cm³/mol. The predicted octanol–water partition coefficient (Wildman–Crippen LogP) is 3.48. The van der Waals surface area contributed by atoms with Crippen molar-refractivity contribution in [3.63, 3.8) is 0 Å². The molecular formula is C15H11F4NO2. The molecule has 116 valence electrons. The van der Waals surface area contributed by atoms with Crippen LogP contribution in [-0.2, 0) is 12.7 Å². The number of phenolic OH excluding ortho intramolecular Hbond substituents is 1. The Balaban J connectivity index is 2.15. The lowest BCUT2D eigenvalue weighted by Gasteiger charge is -2.12. The normalized spacial score (nSPS) is 11.3. The Labute approximate surface area is 123 Å². The third kappa shape index (κ3) is 3.55. The van der Waals surface area contributed by atoms with Crippen LogP contribution in [0.5, 0.6) is 5.75 Å². The Bertz CT molecular complexity index is 698. The number of benzene rings is 2. The molecule has 0 unspecified atom stereocenters. The first kappa shape index (κ1) is 15.8. The van der Waals surface area contributed by atoms with Gasteiger partial charge in [-0.05, 0) is 29.8 Å². The fourth-order valence-corrected chi connectivity index (χ4v) is 1.87. The topological polar surface area (TPSA) is 49.3 Å². The fraction of sp³-hybridized carbons (Fsp3) is 0.133. The maximum Gasteiger partial charge on any atom is 0.417 e. The summed E-state index contributed by atoms with van der Waals surface area (Å²) in [6.07, 6.45) is -4.64. The number of nitrogens with one attached hydrogen (secondary N) is 1. The third-order valence-corrected chi connectivity index (χ3v) is 2.94. The van der Waals surface area contributed by atoms with Crippen molar-refractivity contribution in [1.82, 2.24) is 5.32 Å². The van der Waals surface area contributed by atoms with Gasteiger partial charge in [-0.2, -0.15) is 13.2 Å². The molecule has 0 bridgehead atoms. The van der Waals surface area contributed by atoms with E-state index in [1.807, 2.05) is 0 Å². The summed E-state index contributed by atoms with van der Waals surface area (Å²) < 4.78 is 51.6. The van der Waals surface area contributed by atoms with Crippen LogP contribution in [-0.4, -0.2) is 11.0 Å². The largest absolute Gasteiger partial charge is 0.505 e. The van der Waals surface area contributed by atoms with Gasteiger partial charge in [-0.1, -0.05) is 18.2 Å². The van der Waals surface area contributed by atoms with Gasteiger partial charge in [0.2, 0.25) is 0 Å². The Hall–Kier alpha value is -2.57. The molecule has 2 rings (SSSR count).